The van der Waals surface area contributed by atoms with E-state index in [1.54, 1.807) is 0 Å². The quantitative estimate of drug-likeness (QED) is 0.922. The minimum absolute atomic E-state index is 0.102. The number of amides is 1. The SMILES string of the molecule is CCCN1[C@@H]2CCC[C@@H]1CC(NC(=O)c1ccccc1C)C2. The van der Waals surface area contributed by atoms with E-state index >= 15 is 0 Å². The molecule has 3 nitrogen and oxygen atoms in total. The van der Waals surface area contributed by atoms with Crippen LogP contribution in [0.1, 0.15) is 61.4 Å². The first-order valence-electron chi connectivity index (χ1n) is 8.81. The van der Waals surface area contributed by atoms with Crippen molar-refractivity contribution in [1.82, 2.24) is 10.2 Å². The van der Waals surface area contributed by atoms with Gasteiger partial charge in [-0.05, 0) is 57.2 Å². The van der Waals surface area contributed by atoms with Crippen molar-refractivity contribution in [3.05, 3.63) is 35.4 Å². The Morgan fingerprint density at radius 1 is 1.23 bits per heavy atom. The lowest BCUT2D eigenvalue weighted by Gasteiger charge is -2.49. The second-order valence-corrected chi connectivity index (χ2v) is 6.93. The largest absolute Gasteiger partial charge is 0.349 e. The van der Waals surface area contributed by atoms with Gasteiger partial charge in [-0.25, -0.2) is 0 Å². The molecule has 2 atom stereocenters. The number of hydrogen-bond donors (Lipinski definition) is 1. The van der Waals surface area contributed by atoms with Gasteiger partial charge in [-0.1, -0.05) is 31.5 Å². The fourth-order valence-electron chi connectivity index (χ4n) is 4.31. The van der Waals surface area contributed by atoms with Crippen LogP contribution in [-0.2, 0) is 0 Å². The van der Waals surface area contributed by atoms with Crippen molar-refractivity contribution in [2.75, 3.05) is 6.54 Å². The lowest BCUT2D eigenvalue weighted by atomic mass is 9.81. The van der Waals surface area contributed by atoms with Crippen LogP contribution in [0.15, 0.2) is 24.3 Å². The van der Waals surface area contributed by atoms with Gasteiger partial charge in [0.2, 0.25) is 0 Å². The molecule has 0 radical (unpaired) electrons. The predicted molar refractivity (Wildman–Crippen MR) is 90.1 cm³/mol. The average molecular weight is 300 g/mol. The maximum absolute atomic E-state index is 12.5. The molecule has 2 bridgehead atoms. The molecule has 1 aromatic carbocycles. The van der Waals surface area contributed by atoms with Crippen LogP contribution in [0.4, 0.5) is 0 Å². The van der Waals surface area contributed by atoms with Gasteiger partial charge < -0.3 is 5.32 Å². The summed E-state index contributed by atoms with van der Waals surface area (Å²) < 4.78 is 0. The number of benzene rings is 1. The van der Waals surface area contributed by atoms with E-state index in [1.807, 2.05) is 31.2 Å². The van der Waals surface area contributed by atoms with Crippen molar-refractivity contribution < 1.29 is 4.79 Å². The Bertz CT molecular complexity index is 514. The molecule has 3 rings (SSSR count). The molecule has 0 aromatic heterocycles. The van der Waals surface area contributed by atoms with Crippen molar-refractivity contribution in [3.63, 3.8) is 0 Å². The van der Waals surface area contributed by atoms with Gasteiger partial charge in [0.15, 0.2) is 0 Å². The molecule has 0 aliphatic carbocycles. The molecule has 2 aliphatic heterocycles. The van der Waals surface area contributed by atoms with Crippen LogP contribution in [0.2, 0.25) is 0 Å². The Morgan fingerprint density at radius 3 is 2.55 bits per heavy atom. The van der Waals surface area contributed by atoms with Gasteiger partial charge in [0.25, 0.3) is 5.91 Å². The van der Waals surface area contributed by atoms with E-state index < -0.39 is 0 Å². The molecular weight excluding hydrogens is 272 g/mol. The van der Waals surface area contributed by atoms with Crippen molar-refractivity contribution in [2.24, 2.45) is 0 Å². The van der Waals surface area contributed by atoms with Crippen LogP contribution >= 0.6 is 0 Å². The Kier molecular flexibility index (Phi) is 4.82. The molecule has 1 amide bonds. The van der Waals surface area contributed by atoms with Gasteiger partial charge in [0.05, 0.1) is 0 Å². The van der Waals surface area contributed by atoms with Gasteiger partial charge in [-0.3, -0.25) is 9.69 Å². The number of aryl methyl sites for hydroxylation is 1. The zero-order valence-electron chi connectivity index (χ0n) is 13.8. The maximum Gasteiger partial charge on any atom is 0.251 e. The molecule has 3 heteroatoms. The van der Waals surface area contributed by atoms with Crippen LogP contribution in [0.3, 0.4) is 0 Å². The third kappa shape index (κ3) is 3.19. The highest BCUT2D eigenvalue weighted by Gasteiger charge is 2.38. The van der Waals surface area contributed by atoms with Gasteiger partial charge in [-0.15, -0.1) is 0 Å². The molecular formula is C19H28N2O. The number of fused-ring (bicyclic) bond motifs is 2. The Balaban J connectivity index is 1.65. The Labute approximate surface area is 134 Å². The number of nitrogens with zero attached hydrogens (tertiary/aromatic N) is 1. The average Bonchev–Trinajstić information content (AvgIpc) is 2.48. The fraction of sp³-hybridized carbons (Fsp3) is 0.632. The van der Waals surface area contributed by atoms with Crippen molar-refractivity contribution >= 4 is 5.91 Å². The highest BCUT2D eigenvalue weighted by molar-refractivity contribution is 5.95. The molecule has 22 heavy (non-hydrogen) atoms. The van der Waals surface area contributed by atoms with E-state index in [9.17, 15) is 4.79 Å². The minimum Gasteiger partial charge on any atom is -0.349 e. The molecule has 2 aliphatic rings. The molecule has 2 fully saturated rings. The van der Waals surface area contributed by atoms with Crippen LogP contribution in [0.5, 0.6) is 0 Å². The molecule has 2 saturated heterocycles. The van der Waals surface area contributed by atoms with E-state index in [-0.39, 0.29) is 5.91 Å². The van der Waals surface area contributed by atoms with E-state index in [0.717, 1.165) is 24.0 Å². The molecule has 1 N–H and O–H groups in total. The first-order chi connectivity index (χ1) is 10.7. The summed E-state index contributed by atoms with van der Waals surface area (Å²) in [5, 5.41) is 3.30. The van der Waals surface area contributed by atoms with Crippen molar-refractivity contribution in [2.45, 2.75) is 70.5 Å². The summed E-state index contributed by atoms with van der Waals surface area (Å²) in [7, 11) is 0. The number of carbonyl (C=O) groups is 1. The molecule has 0 saturated carbocycles. The molecule has 2 heterocycles. The van der Waals surface area contributed by atoms with Crippen molar-refractivity contribution in [1.29, 1.82) is 0 Å². The third-order valence-corrected chi connectivity index (χ3v) is 5.33. The van der Waals surface area contributed by atoms with E-state index in [2.05, 4.69) is 17.1 Å². The van der Waals surface area contributed by atoms with E-state index in [0.29, 0.717) is 18.1 Å². The minimum atomic E-state index is 0.102. The number of nitrogens with one attached hydrogen (secondary N) is 1. The predicted octanol–water partition coefficient (Wildman–Crippen LogP) is 3.52. The summed E-state index contributed by atoms with van der Waals surface area (Å²) >= 11 is 0. The summed E-state index contributed by atoms with van der Waals surface area (Å²) in [6.07, 6.45) is 7.42. The number of carbonyl (C=O) groups excluding carboxylic acids is 1. The second-order valence-electron chi connectivity index (χ2n) is 6.93. The second kappa shape index (κ2) is 6.82. The molecule has 120 valence electrons. The first kappa shape index (κ1) is 15.5. The topological polar surface area (TPSA) is 32.3 Å². The van der Waals surface area contributed by atoms with Gasteiger partial charge in [0.1, 0.15) is 0 Å². The maximum atomic E-state index is 12.5. The molecule has 1 aromatic rings. The summed E-state index contributed by atoms with van der Waals surface area (Å²) in [5.74, 6) is 0.102. The molecule has 0 unspecified atom stereocenters. The Morgan fingerprint density at radius 2 is 1.91 bits per heavy atom. The summed E-state index contributed by atoms with van der Waals surface area (Å²) in [6, 6.07) is 9.56. The van der Waals surface area contributed by atoms with Crippen LogP contribution in [0, 0.1) is 6.92 Å². The van der Waals surface area contributed by atoms with Crippen LogP contribution in [-0.4, -0.2) is 35.5 Å². The zero-order valence-corrected chi connectivity index (χ0v) is 13.8. The van der Waals surface area contributed by atoms with E-state index in [4.69, 9.17) is 0 Å². The standard InChI is InChI=1S/C19H28N2O/c1-3-11-21-16-8-6-9-17(21)13-15(12-16)20-19(22)18-10-5-4-7-14(18)2/h4-5,7,10,15-17H,3,6,8-9,11-13H2,1-2H3,(H,20,22)/t16-,17-/m1/s1. The smallest absolute Gasteiger partial charge is 0.251 e. The normalized spacial score (nSPS) is 28.4. The zero-order chi connectivity index (χ0) is 15.5. The Hall–Kier alpha value is -1.35. The molecule has 0 spiro atoms. The van der Waals surface area contributed by atoms with Crippen LogP contribution < -0.4 is 5.32 Å². The number of rotatable bonds is 4. The highest BCUT2D eigenvalue weighted by atomic mass is 16.1. The fourth-order valence-corrected chi connectivity index (χ4v) is 4.31. The van der Waals surface area contributed by atoms with Gasteiger partial charge >= 0.3 is 0 Å². The third-order valence-electron chi connectivity index (χ3n) is 5.33. The van der Waals surface area contributed by atoms with Crippen LogP contribution in [0.25, 0.3) is 0 Å². The number of hydrogen-bond acceptors (Lipinski definition) is 2. The van der Waals surface area contributed by atoms with Gasteiger partial charge in [0, 0.05) is 23.7 Å². The summed E-state index contributed by atoms with van der Waals surface area (Å²) in [5.41, 5.74) is 1.88. The van der Waals surface area contributed by atoms with Gasteiger partial charge in [-0.2, -0.15) is 0 Å². The highest BCUT2D eigenvalue weighted by Crippen LogP contribution is 2.34. The summed E-state index contributed by atoms with van der Waals surface area (Å²) in [6.45, 7) is 5.49. The number of piperidine rings is 2. The summed E-state index contributed by atoms with van der Waals surface area (Å²) in [4.78, 5) is 15.2. The van der Waals surface area contributed by atoms with Crippen molar-refractivity contribution in [3.8, 4) is 0 Å². The lowest BCUT2D eigenvalue weighted by molar-refractivity contribution is 0.0245. The van der Waals surface area contributed by atoms with E-state index in [1.165, 1.54) is 32.2 Å². The lowest BCUT2D eigenvalue weighted by Crippen LogP contribution is -2.57. The first-order valence-corrected chi connectivity index (χ1v) is 8.81. The monoisotopic (exact) mass is 300 g/mol.